The third-order valence-corrected chi connectivity index (χ3v) is 4.61. The molecule has 7 nitrogen and oxygen atoms in total. The molecule has 0 aromatic heterocycles. The third kappa shape index (κ3) is 2.71. The molecule has 120 valence electrons. The highest BCUT2D eigenvalue weighted by atomic mass is 16.6. The number of methoxy groups -OCH3 is 1. The molecule has 23 heavy (non-hydrogen) atoms. The van der Waals surface area contributed by atoms with Gasteiger partial charge in [-0.15, -0.1) is 0 Å². The van der Waals surface area contributed by atoms with Gasteiger partial charge in [-0.3, -0.25) is 10.1 Å². The van der Waals surface area contributed by atoms with Crippen molar-refractivity contribution in [1.29, 1.82) is 10.5 Å². The molecule has 0 amide bonds. The van der Waals surface area contributed by atoms with E-state index in [4.69, 9.17) is 4.74 Å². The molecule has 3 atom stereocenters. The fraction of sp³-hybridized carbons (Fsp3) is 0.500. The lowest BCUT2D eigenvalue weighted by Gasteiger charge is -2.42. The van der Waals surface area contributed by atoms with Gasteiger partial charge in [-0.1, -0.05) is 12.1 Å². The molecule has 7 heteroatoms. The Kier molecular flexibility index (Phi) is 4.26. The van der Waals surface area contributed by atoms with Gasteiger partial charge in [0.2, 0.25) is 6.04 Å². The Morgan fingerprint density at radius 1 is 1.30 bits per heavy atom. The van der Waals surface area contributed by atoms with Crippen LogP contribution < -0.4 is 4.74 Å². The highest BCUT2D eigenvalue weighted by molar-refractivity contribution is 5.37. The van der Waals surface area contributed by atoms with Crippen LogP contribution in [0.5, 0.6) is 5.75 Å². The molecule has 1 aliphatic rings. The number of nitro groups is 1. The minimum Gasteiger partial charge on any atom is -0.497 e. The van der Waals surface area contributed by atoms with Crippen molar-refractivity contribution in [3.05, 3.63) is 39.9 Å². The van der Waals surface area contributed by atoms with E-state index in [0.29, 0.717) is 11.3 Å². The van der Waals surface area contributed by atoms with Crippen molar-refractivity contribution < 1.29 is 14.8 Å². The lowest BCUT2D eigenvalue weighted by atomic mass is 9.59. The topological polar surface area (TPSA) is 120 Å². The van der Waals surface area contributed by atoms with Gasteiger partial charge in [-0.25, -0.2) is 0 Å². The number of aliphatic hydroxyl groups is 1. The summed E-state index contributed by atoms with van der Waals surface area (Å²) in [5.41, 5.74) is -2.67. The molecule has 1 aliphatic carbocycles. The van der Waals surface area contributed by atoms with Crippen LogP contribution >= 0.6 is 0 Å². The van der Waals surface area contributed by atoms with E-state index in [1.165, 1.54) is 14.0 Å². The fourth-order valence-electron chi connectivity index (χ4n) is 3.28. The second-order valence-corrected chi connectivity index (χ2v) is 6.03. The Bertz CT molecular complexity index is 671. The molecule has 1 fully saturated rings. The Hall–Kier alpha value is -2.64. The average Bonchev–Trinajstić information content (AvgIpc) is 2.54. The van der Waals surface area contributed by atoms with Crippen molar-refractivity contribution in [3.63, 3.8) is 0 Å². The molecule has 1 saturated carbocycles. The van der Waals surface area contributed by atoms with Gasteiger partial charge in [0.25, 0.3) is 0 Å². The summed E-state index contributed by atoms with van der Waals surface area (Å²) in [6.07, 6.45) is 0.0977. The molecule has 0 heterocycles. The van der Waals surface area contributed by atoms with Crippen LogP contribution in [0, 0.1) is 38.2 Å². The number of hydrogen-bond acceptors (Lipinski definition) is 6. The van der Waals surface area contributed by atoms with Crippen LogP contribution in [0.1, 0.15) is 31.2 Å². The first-order chi connectivity index (χ1) is 10.8. The first-order valence-electron chi connectivity index (χ1n) is 7.13. The summed E-state index contributed by atoms with van der Waals surface area (Å²) in [5.74, 6) is -0.462. The van der Waals surface area contributed by atoms with Crippen LogP contribution in [0.3, 0.4) is 0 Å². The van der Waals surface area contributed by atoms with Crippen molar-refractivity contribution in [2.24, 2.45) is 5.41 Å². The lowest BCUT2D eigenvalue weighted by Crippen LogP contribution is -2.56. The Labute approximate surface area is 133 Å². The van der Waals surface area contributed by atoms with E-state index in [2.05, 4.69) is 0 Å². The van der Waals surface area contributed by atoms with Gasteiger partial charge < -0.3 is 9.84 Å². The standard InChI is InChI=1S/C16H17N3O4/c1-15(20)7-8-16(9-17,10-18)13(14(15)19(21)22)11-3-5-12(23-2)6-4-11/h3-6,13-14,20H,7-8H2,1-2H3/t13-,14-,15+/m0/s1. The first-order valence-corrected chi connectivity index (χ1v) is 7.13. The molecule has 0 saturated heterocycles. The Balaban J connectivity index is 2.63. The second-order valence-electron chi connectivity index (χ2n) is 6.03. The molecule has 0 bridgehead atoms. The quantitative estimate of drug-likeness (QED) is 0.672. The fourth-order valence-corrected chi connectivity index (χ4v) is 3.28. The molecule has 0 spiro atoms. The summed E-state index contributed by atoms with van der Waals surface area (Å²) in [4.78, 5) is 11.0. The minimum absolute atomic E-state index is 0.0203. The number of nitrogens with zero attached hydrogens (tertiary/aromatic N) is 3. The maximum Gasteiger partial charge on any atom is 0.250 e. The summed E-state index contributed by atoms with van der Waals surface area (Å²) in [6, 6.07) is 8.92. The number of nitriles is 2. The molecule has 1 aromatic rings. The van der Waals surface area contributed by atoms with Crippen molar-refractivity contribution in [1.82, 2.24) is 0 Å². The van der Waals surface area contributed by atoms with E-state index in [1.54, 1.807) is 24.3 Å². The molecular weight excluding hydrogens is 298 g/mol. The highest BCUT2D eigenvalue weighted by Gasteiger charge is 2.61. The van der Waals surface area contributed by atoms with Crippen molar-refractivity contribution in [3.8, 4) is 17.9 Å². The van der Waals surface area contributed by atoms with Gasteiger partial charge >= 0.3 is 0 Å². The number of benzene rings is 1. The van der Waals surface area contributed by atoms with Crippen LogP contribution in [-0.2, 0) is 0 Å². The van der Waals surface area contributed by atoms with Crippen molar-refractivity contribution in [2.45, 2.75) is 37.3 Å². The largest absolute Gasteiger partial charge is 0.497 e. The van der Waals surface area contributed by atoms with E-state index in [9.17, 15) is 25.7 Å². The minimum atomic E-state index is -1.59. The van der Waals surface area contributed by atoms with Crippen molar-refractivity contribution in [2.75, 3.05) is 7.11 Å². The summed E-state index contributed by atoms with van der Waals surface area (Å²) >= 11 is 0. The number of rotatable bonds is 3. The Morgan fingerprint density at radius 3 is 2.30 bits per heavy atom. The zero-order valence-corrected chi connectivity index (χ0v) is 12.9. The second kappa shape index (κ2) is 5.86. The molecule has 0 radical (unpaired) electrons. The van der Waals surface area contributed by atoms with Crippen LogP contribution in [0.2, 0.25) is 0 Å². The monoisotopic (exact) mass is 315 g/mol. The summed E-state index contributed by atoms with van der Waals surface area (Å²) in [5, 5.41) is 41.2. The summed E-state index contributed by atoms with van der Waals surface area (Å²) < 4.78 is 5.06. The first kappa shape index (κ1) is 16.7. The average molecular weight is 315 g/mol. The molecule has 1 aromatic carbocycles. The van der Waals surface area contributed by atoms with Gasteiger partial charge in [0.05, 0.1) is 25.2 Å². The van der Waals surface area contributed by atoms with Gasteiger partial charge in [-0.05, 0) is 37.5 Å². The van der Waals surface area contributed by atoms with E-state index in [1.807, 2.05) is 12.1 Å². The van der Waals surface area contributed by atoms with Gasteiger partial charge in [0, 0.05) is 4.92 Å². The number of hydrogen-bond donors (Lipinski definition) is 1. The smallest absolute Gasteiger partial charge is 0.250 e. The van der Waals surface area contributed by atoms with Crippen molar-refractivity contribution >= 4 is 0 Å². The van der Waals surface area contributed by atoms with E-state index in [-0.39, 0.29) is 12.8 Å². The Morgan fingerprint density at radius 2 is 1.87 bits per heavy atom. The summed E-state index contributed by atoms with van der Waals surface area (Å²) in [6.45, 7) is 1.38. The van der Waals surface area contributed by atoms with Crippen LogP contribution in [0.4, 0.5) is 0 Å². The molecule has 1 N–H and O–H groups in total. The normalized spacial score (nSPS) is 29.1. The summed E-state index contributed by atoms with van der Waals surface area (Å²) in [7, 11) is 1.50. The SMILES string of the molecule is COc1ccc([C@H]2[C@H]([N+](=O)[O-])[C@](C)(O)CCC2(C#N)C#N)cc1. The predicted octanol–water partition coefficient (Wildman–Crippen LogP) is 2.00. The lowest BCUT2D eigenvalue weighted by molar-refractivity contribution is -0.555. The van der Waals surface area contributed by atoms with Crippen LogP contribution in [0.25, 0.3) is 0 Å². The molecule has 2 rings (SSSR count). The number of ether oxygens (including phenoxy) is 1. The maximum absolute atomic E-state index is 11.6. The van der Waals surface area contributed by atoms with Crippen LogP contribution in [0.15, 0.2) is 24.3 Å². The molecule has 0 unspecified atom stereocenters. The van der Waals surface area contributed by atoms with Gasteiger partial charge in [0.1, 0.15) is 11.4 Å². The maximum atomic E-state index is 11.6. The van der Waals surface area contributed by atoms with E-state index in [0.717, 1.165) is 0 Å². The molecular formula is C16H17N3O4. The predicted molar refractivity (Wildman–Crippen MR) is 80.0 cm³/mol. The zero-order chi connectivity index (χ0) is 17.3. The van der Waals surface area contributed by atoms with E-state index < -0.39 is 27.9 Å². The van der Waals surface area contributed by atoms with E-state index >= 15 is 0 Å². The molecule has 0 aliphatic heterocycles. The zero-order valence-electron chi connectivity index (χ0n) is 12.9. The highest BCUT2D eigenvalue weighted by Crippen LogP contribution is 2.51. The van der Waals surface area contributed by atoms with Gasteiger partial charge in [0.15, 0.2) is 5.41 Å². The van der Waals surface area contributed by atoms with Crippen LogP contribution in [-0.4, -0.2) is 28.8 Å². The van der Waals surface area contributed by atoms with Gasteiger partial charge in [-0.2, -0.15) is 10.5 Å². The third-order valence-electron chi connectivity index (χ3n) is 4.61.